The predicted octanol–water partition coefficient (Wildman–Crippen LogP) is 2.68. The van der Waals surface area contributed by atoms with Crippen molar-refractivity contribution in [2.75, 3.05) is 26.7 Å². The highest BCUT2D eigenvalue weighted by molar-refractivity contribution is 5.80. The van der Waals surface area contributed by atoms with Gasteiger partial charge in [0.2, 0.25) is 5.88 Å². The topological polar surface area (TPSA) is 49.8 Å². The van der Waals surface area contributed by atoms with Crippen LogP contribution in [-0.2, 0) is 6.54 Å². The molecule has 23 heavy (non-hydrogen) atoms. The molecule has 0 spiro atoms. The van der Waals surface area contributed by atoms with Gasteiger partial charge in [0.15, 0.2) is 5.96 Å². The van der Waals surface area contributed by atoms with E-state index in [0.717, 1.165) is 43.1 Å². The Morgan fingerprint density at radius 3 is 2.70 bits per heavy atom. The van der Waals surface area contributed by atoms with Crippen LogP contribution in [0.25, 0.3) is 0 Å². The average molecular weight is 316 g/mol. The monoisotopic (exact) mass is 316 g/mol. The molecule has 1 N–H and O–H groups in total. The van der Waals surface area contributed by atoms with Crippen LogP contribution in [0.4, 0.5) is 0 Å². The minimum atomic E-state index is 0.589. The van der Waals surface area contributed by atoms with Gasteiger partial charge in [0, 0.05) is 25.7 Å². The summed E-state index contributed by atoms with van der Waals surface area (Å²) >= 11 is 0. The molecule has 126 valence electrons. The number of nitrogens with one attached hydrogen (secondary N) is 1. The zero-order chi connectivity index (χ0) is 16.1. The Morgan fingerprint density at radius 2 is 2.04 bits per heavy atom. The van der Waals surface area contributed by atoms with Crippen LogP contribution >= 0.6 is 0 Å². The maximum atomic E-state index is 5.19. The van der Waals surface area contributed by atoms with E-state index in [1.807, 2.05) is 18.2 Å². The summed E-state index contributed by atoms with van der Waals surface area (Å²) in [6.45, 7) is 5.92. The molecule has 2 atom stereocenters. The van der Waals surface area contributed by atoms with Crippen molar-refractivity contribution >= 4 is 5.96 Å². The van der Waals surface area contributed by atoms with E-state index in [9.17, 15) is 0 Å². The van der Waals surface area contributed by atoms with Gasteiger partial charge in [-0.15, -0.1) is 0 Å². The van der Waals surface area contributed by atoms with E-state index in [1.165, 1.54) is 25.7 Å². The minimum Gasteiger partial charge on any atom is -0.481 e. The number of nitrogens with zero attached hydrogens (tertiary/aromatic N) is 3. The molecule has 2 fully saturated rings. The lowest BCUT2D eigenvalue weighted by molar-refractivity contribution is 0.299. The van der Waals surface area contributed by atoms with Crippen LogP contribution in [0.1, 0.15) is 38.3 Å². The smallest absolute Gasteiger partial charge is 0.213 e. The lowest BCUT2D eigenvalue weighted by Gasteiger charge is -2.22. The highest BCUT2D eigenvalue weighted by Crippen LogP contribution is 2.35. The van der Waals surface area contributed by atoms with Crippen molar-refractivity contribution in [2.45, 2.75) is 39.2 Å². The van der Waals surface area contributed by atoms with Gasteiger partial charge in [0.25, 0.3) is 0 Å². The van der Waals surface area contributed by atoms with Crippen molar-refractivity contribution in [3.63, 3.8) is 0 Å². The van der Waals surface area contributed by atoms with Crippen molar-refractivity contribution in [1.29, 1.82) is 0 Å². The van der Waals surface area contributed by atoms with Gasteiger partial charge in [0.05, 0.1) is 19.3 Å². The van der Waals surface area contributed by atoms with Gasteiger partial charge in [-0.1, -0.05) is 18.9 Å². The zero-order valence-electron chi connectivity index (χ0n) is 14.3. The third kappa shape index (κ3) is 3.95. The molecule has 2 heterocycles. The molecule has 1 aromatic rings. The molecule has 1 aromatic heterocycles. The molecule has 1 saturated heterocycles. The van der Waals surface area contributed by atoms with Crippen molar-refractivity contribution in [3.8, 4) is 5.88 Å². The van der Waals surface area contributed by atoms with Crippen LogP contribution in [0.3, 0.4) is 0 Å². The number of methoxy groups -OCH3 is 1. The summed E-state index contributed by atoms with van der Waals surface area (Å²) in [4.78, 5) is 11.7. The van der Waals surface area contributed by atoms with Gasteiger partial charge in [0.1, 0.15) is 0 Å². The summed E-state index contributed by atoms with van der Waals surface area (Å²) in [6, 6.07) is 5.83. The number of ether oxygens (including phenoxy) is 1. The number of hydrogen-bond acceptors (Lipinski definition) is 3. The second kappa shape index (κ2) is 7.66. The van der Waals surface area contributed by atoms with E-state index in [4.69, 9.17) is 9.73 Å². The third-order valence-electron chi connectivity index (χ3n) is 4.99. The van der Waals surface area contributed by atoms with Crippen LogP contribution in [0, 0.1) is 11.8 Å². The van der Waals surface area contributed by atoms with Crippen molar-refractivity contribution < 1.29 is 4.74 Å². The summed E-state index contributed by atoms with van der Waals surface area (Å²) in [5.41, 5.74) is 0.941. The average Bonchev–Trinajstić information content (AvgIpc) is 3.02. The van der Waals surface area contributed by atoms with Gasteiger partial charge in [-0.05, 0) is 37.7 Å². The van der Waals surface area contributed by atoms with Gasteiger partial charge in [-0.3, -0.25) is 0 Å². The van der Waals surface area contributed by atoms with E-state index < -0.39 is 0 Å². The first-order valence-corrected chi connectivity index (χ1v) is 8.83. The highest BCUT2D eigenvalue weighted by Gasteiger charge is 2.35. The van der Waals surface area contributed by atoms with Crippen LogP contribution in [-0.4, -0.2) is 42.6 Å². The molecular formula is C18H28N4O. The molecular weight excluding hydrogens is 288 g/mol. The second-order valence-corrected chi connectivity index (χ2v) is 6.55. The number of aliphatic imine (C=N–C) groups is 1. The molecule has 5 nitrogen and oxygen atoms in total. The lowest BCUT2D eigenvalue weighted by Crippen LogP contribution is -2.40. The van der Waals surface area contributed by atoms with E-state index >= 15 is 0 Å². The van der Waals surface area contributed by atoms with Crippen molar-refractivity contribution in [1.82, 2.24) is 15.2 Å². The van der Waals surface area contributed by atoms with Gasteiger partial charge in [-0.2, -0.15) is 0 Å². The standard InChI is InChI=1S/C18H28N4O/c1-3-19-18(20-11-16-9-6-10-17(21-16)23-2)22-12-14-7-4-5-8-15(14)13-22/h6,9-10,14-15H,3-5,7-8,11-13H2,1-2H3,(H,19,20). The fourth-order valence-electron chi connectivity index (χ4n) is 3.82. The summed E-state index contributed by atoms with van der Waals surface area (Å²) in [6.07, 6.45) is 5.57. The van der Waals surface area contributed by atoms with Gasteiger partial charge >= 0.3 is 0 Å². The Hall–Kier alpha value is -1.78. The highest BCUT2D eigenvalue weighted by atomic mass is 16.5. The van der Waals surface area contributed by atoms with E-state index in [2.05, 4.69) is 22.1 Å². The maximum absolute atomic E-state index is 5.19. The second-order valence-electron chi connectivity index (χ2n) is 6.55. The summed E-state index contributed by atoms with van der Waals surface area (Å²) in [5.74, 6) is 3.41. The summed E-state index contributed by atoms with van der Waals surface area (Å²) < 4.78 is 5.19. The van der Waals surface area contributed by atoms with Crippen LogP contribution in [0.15, 0.2) is 23.2 Å². The number of likely N-dealkylation sites (tertiary alicyclic amines) is 1. The molecule has 3 rings (SSSR count). The molecule has 1 saturated carbocycles. The van der Waals surface area contributed by atoms with E-state index in [1.54, 1.807) is 7.11 Å². The number of fused-ring (bicyclic) bond motifs is 1. The molecule has 0 bridgehead atoms. The SMILES string of the molecule is CCNC(=NCc1cccc(OC)n1)N1CC2CCCCC2C1. The number of guanidine groups is 1. The number of aromatic nitrogens is 1. The van der Waals surface area contributed by atoms with Gasteiger partial charge < -0.3 is 15.0 Å². The first-order chi connectivity index (χ1) is 11.3. The Morgan fingerprint density at radius 1 is 1.30 bits per heavy atom. The summed E-state index contributed by atoms with van der Waals surface area (Å²) in [7, 11) is 1.64. The fourth-order valence-corrected chi connectivity index (χ4v) is 3.82. The third-order valence-corrected chi connectivity index (χ3v) is 4.99. The minimum absolute atomic E-state index is 0.589. The van der Waals surface area contributed by atoms with Crippen LogP contribution in [0.2, 0.25) is 0 Å². The molecule has 0 aromatic carbocycles. The van der Waals surface area contributed by atoms with Gasteiger partial charge in [-0.25, -0.2) is 9.98 Å². The largest absolute Gasteiger partial charge is 0.481 e. The Bertz CT molecular complexity index is 532. The molecule has 2 aliphatic rings. The number of rotatable bonds is 4. The first kappa shape index (κ1) is 16.1. The quantitative estimate of drug-likeness (QED) is 0.685. The van der Waals surface area contributed by atoms with Crippen molar-refractivity contribution in [2.24, 2.45) is 16.8 Å². The fraction of sp³-hybridized carbons (Fsp3) is 0.667. The molecule has 1 aliphatic heterocycles. The lowest BCUT2D eigenvalue weighted by atomic mass is 9.82. The number of pyridine rings is 1. The molecule has 5 heteroatoms. The molecule has 2 unspecified atom stereocenters. The Balaban J connectivity index is 1.68. The Labute approximate surface area is 139 Å². The summed E-state index contributed by atoms with van der Waals surface area (Å²) in [5, 5.41) is 3.45. The van der Waals surface area contributed by atoms with Crippen molar-refractivity contribution in [3.05, 3.63) is 23.9 Å². The van der Waals surface area contributed by atoms with E-state index in [0.29, 0.717) is 12.4 Å². The van der Waals surface area contributed by atoms with Crippen LogP contribution in [0.5, 0.6) is 5.88 Å². The van der Waals surface area contributed by atoms with E-state index in [-0.39, 0.29) is 0 Å². The first-order valence-electron chi connectivity index (χ1n) is 8.83. The molecule has 0 radical (unpaired) electrons. The molecule has 1 aliphatic carbocycles. The molecule has 0 amide bonds. The Kier molecular flexibility index (Phi) is 5.36. The zero-order valence-corrected chi connectivity index (χ0v) is 14.3. The normalized spacial score (nSPS) is 24.4. The number of hydrogen-bond donors (Lipinski definition) is 1. The van der Waals surface area contributed by atoms with Crippen LogP contribution < -0.4 is 10.1 Å². The predicted molar refractivity (Wildman–Crippen MR) is 92.6 cm³/mol. The maximum Gasteiger partial charge on any atom is 0.213 e.